The summed E-state index contributed by atoms with van der Waals surface area (Å²) < 4.78 is 5.18. The van der Waals surface area contributed by atoms with Gasteiger partial charge in [-0.3, -0.25) is 4.79 Å². The molecule has 0 aliphatic heterocycles. The van der Waals surface area contributed by atoms with E-state index in [9.17, 15) is 9.90 Å². The van der Waals surface area contributed by atoms with Crippen molar-refractivity contribution in [3.05, 3.63) is 23.8 Å². The van der Waals surface area contributed by atoms with E-state index >= 15 is 0 Å². The summed E-state index contributed by atoms with van der Waals surface area (Å²) in [7, 11) is 0. The SMILES string of the molecule is CCCCOCC(=O)Nc1cccc(C)c1O. The number of rotatable bonds is 6. The molecule has 0 bridgehead atoms. The Hall–Kier alpha value is -1.55. The van der Waals surface area contributed by atoms with Crippen LogP contribution in [0.2, 0.25) is 0 Å². The van der Waals surface area contributed by atoms with E-state index in [0.717, 1.165) is 18.4 Å². The molecule has 0 saturated carbocycles. The maximum atomic E-state index is 11.5. The average Bonchev–Trinajstić information content (AvgIpc) is 2.31. The molecule has 0 fully saturated rings. The zero-order valence-electron chi connectivity index (χ0n) is 10.3. The number of aryl methyl sites for hydroxylation is 1. The molecule has 0 heterocycles. The van der Waals surface area contributed by atoms with E-state index in [1.165, 1.54) is 0 Å². The van der Waals surface area contributed by atoms with Crippen LogP contribution in [0.25, 0.3) is 0 Å². The molecule has 4 heteroatoms. The lowest BCUT2D eigenvalue weighted by Crippen LogP contribution is -2.18. The number of ether oxygens (including phenoxy) is 1. The van der Waals surface area contributed by atoms with Crippen molar-refractivity contribution in [3.63, 3.8) is 0 Å². The molecule has 0 spiro atoms. The van der Waals surface area contributed by atoms with E-state index in [0.29, 0.717) is 12.3 Å². The van der Waals surface area contributed by atoms with Gasteiger partial charge in [-0.15, -0.1) is 0 Å². The lowest BCUT2D eigenvalue weighted by Gasteiger charge is -2.09. The largest absolute Gasteiger partial charge is 0.505 e. The van der Waals surface area contributed by atoms with E-state index < -0.39 is 0 Å². The van der Waals surface area contributed by atoms with Gasteiger partial charge in [-0.05, 0) is 25.0 Å². The predicted molar refractivity (Wildman–Crippen MR) is 67.2 cm³/mol. The zero-order valence-corrected chi connectivity index (χ0v) is 10.3. The van der Waals surface area contributed by atoms with Crippen LogP contribution in [0, 0.1) is 6.92 Å². The maximum Gasteiger partial charge on any atom is 0.250 e. The van der Waals surface area contributed by atoms with Crippen molar-refractivity contribution in [3.8, 4) is 5.75 Å². The Morgan fingerprint density at radius 1 is 1.47 bits per heavy atom. The number of benzene rings is 1. The molecule has 1 aromatic carbocycles. The predicted octanol–water partition coefficient (Wildman–Crippen LogP) is 2.46. The van der Waals surface area contributed by atoms with E-state index in [1.54, 1.807) is 25.1 Å². The van der Waals surface area contributed by atoms with Gasteiger partial charge < -0.3 is 15.2 Å². The van der Waals surface area contributed by atoms with Crippen LogP contribution < -0.4 is 5.32 Å². The van der Waals surface area contributed by atoms with Gasteiger partial charge in [0, 0.05) is 6.61 Å². The number of phenols is 1. The van der Waals surface area contributed by atoms with Gasteiger partial charge in [-0.2, -0.15) is 0 Å². The zero-order chi connectivity index (χ0) is 12.7. The third-order valence-electron chi connectivity index (χ3n) is 2.39. The van der Waals surface area contributed by atoms with Crippen molar-refractivity contribution in [2.45, 2.75) is 26.7 Å². The molecule has 4 nitrogen and oxygen atoms in total. The van der Waals surface area contributed by atoms with Gasteiger partial charge in [-0.25, -0.2) is 0 Å². The molecule has 94 valence electrons. The van der Waals surface area contributed by atoms with Crippen molar-refractivity contribution in [2.75, 3.05) is 18.5 Å². The smallest absolute Gasteiger partial charge is 0.250 e. The number of carbonyl (C=O) groups excluding carboxylic acids is 1. The molecule has 1 aromatic rings. The Bertz CT molecular complexity index is 377. The molecule has 0 aliphatic rings. The van der Waals surface area contributed by atoms with Crippen LogP contribution in [0.5, 0.6) is 5.75 Å². The summed E-state index contributed by atoms with van der Waals surface area (Å²) >= 11 is 0. The first-order valence-corrected chi connectivity index (χ1v) is 5.81. The summed E-state index contributed by atoms with van der Waals surface area (Å²) in [6.45, 7) is 4.45. The molecule has 0 atom stereocenters. The van der Waals surface area contributed by atoms with Crippen molar-refractivity contribution < 1.29 is 14.6 Å². The van der Waals surface area contributed by atoms with Gasteiger partial charge in [0.1, 0.15) is 12.4 Å². The molecule has 0 radical (unpaired) electrons. The normalized spacial score (nSPS) is 10.2. The highest BCUT2D eigenvalue weighted by Gasteiger charge is 2.07. The number of hydrogen-bond donors (Lipinski definition) is 2. The van der Waals surface area contributed by atoms with Crippen LogP contribution in [-0.4, -0.2) is 24.2 Å². The highest BCUT2D eigenvalue weighted by Crippen LogP contribution is 2.26. The van der Waals surface area contributed by atoms with Crippen LogP contribution in [0.3, 0.4) is 0 Å². The number of hydrogen-bond acceptors (Lipinski definition) is 3. The third-order valence-corrected chi connectivity index (χ3v) is 2.39. The van der Waals surface area contributed by atoms with Crippen molar-refractivity contribution in [2.24, 2.45) is 0 Å². The standard InChI is InChI=1S/C13H19NO3/c1-3-4-8-17-9-12(15)14-11-7-5-6-10(2)13(11)16/h5-7,16H,3-4,8-9H2,1-2H3,(H,14,15). The fourth-order valence-electron chi connectivity index (χ4n) is 1.36. The minimum atomic E-state index is -0.248. The highest BCUT2D eigenvalue weighted by atomic mass is 16.5. The molecule has 0 aromatic heterocycles. The molecule has 0 aliphatic carbocycles. The summed E-state index contributed by atoms with van der Waals surface area (Å²) in [6.07, 6.45) is 1.99. The van der Waals surface area contributed by atoms with Gasteiger partial charge in [0.2, 0.25) is 5.91 Å². The Morgan fingerprint density at radius 2 is 2.24 bits per heavy atom. The van der Waals surface area contributed by atoms with Crippen LogP contribution in [0.15, 0.2) is 18.2 Å². The molecule has 1 amide bonds. The Kier molecular flexibility index (Phi) is 5.49. The molecule has 17 heavy (non-hydrogen) atoms. The van der Waals surface area contributed by atoms with Crippen LogP contribution in [0.1, 0.15) is 25.3 Å². The number of phenolic OH excluding ortho intramolecular Hbond substituents is 1. The number of amides is 1. The maximum absolute atomic E-state index is 11.5. The van der Waals surface area contributed by atoms with E-state index in [1.807, 2.05) is 0 Å². The lowest BCUT2D eigenvalue weighted by atomic mass is 10.2. The molecule has 0 saturated heterocycles. The number of aromatic hydroxyl groups is 1. The summed E-state index contributed by atoms with van der Waals surface area (Å²) in [5.74, 6) is -0.142. The van der Waals surface area contributed by atoms with Crippen molar-refractivity contribution in [1.29, 1.82) is 0 Å². The van der Waals surface area contributed by atoms with Crippen LogP contribution >= 0.6 is 0 Å². The molecule has 2 N–H and O–H groups in total. The summed E-state index contributed by atoms with van der Waals surface area (Å²) in [5.41, 5.74) is 1.16. The average molecular weight is 237 g/mol. The monoisotopic (exact) mass is 237 g/mol. The Morgan fingerprint density at radius 3 is 2.94 bits per heavy atom. The van der Waals surface area contributed by atoms with Crippen molar-refractivity contribution >= 4 is 11.6 Å². The number of nitrogens with one attached hydrogen (secondary N) is 1. The molecular weight excluding hydrogens is 218 g/mol. The second-order valence-corrected chi connectivity index (χ2v) is 3.93. The van der Waals surface area contributed by atoms with Crippen LogP contribution in [-0.2, 0) is 9.53 Å². The quantitative estimate of drug-likeness (QED) is 0.590. The van der Waals surface area contributed by atoms with E-state index in [-0.39, 0.29) is 18.3 Å². The van der Waals surface area contributed by atoms with Gasteiger partial charge in [0.05, 0.1) is 5.69 Å². The Labute approximate surface area is 102 Å². The Balaban J connectivity index is 2.43. The first-order chi connectivity index (χ1) is 8.15. The van der Waals surface area contributed by atoms with Gasteiger partial charge >= 0.3 is 0 Å². The highest BCUT2D eigenvalue weighted by molar-refractivity contribution is 5.93. The second-order valence-electron chi connectivity index (χ2n) is 3.93. The van der Waals surface area contributed by atoms with Gasteiger partial charge in [0.15, 0.2) is 0 Å². The number of anilines is 1. The topological polar surface area (TPSA) is 58.6 Å². The fourth-order valence-corrected chi connectivity index (χ4v) is 1.36. The molecule has 0 unspecified atom stereocenters. The number of para-hydroxylation sites is 1. The lowest BCUT2D eigenvalue weighted by molar-refractivity contribution is -0.120. The summed E-state index contributed by atoms with van der Waals surface area (Å²) in [5, 5.41) is 12.3. The van der Waals surface area contributed by atoms with Gasteiger partial charge in [0.25, 0.3) is 0 Å². The fraction of sp³-hybridized carbons (Fsp3) is 0.462. The summed E-state index contributed by atoms with van der Waals surface area (Å²) in [6, 6.07) is 5.22. The molecule has 1 rings (SSSR count). The third kappa shape index (κ3) is 4.44. The first-order valence-electron chi connectivity index (χ1n) is 5.81. The second kappa shape index (κ2) is 6.91. The first kappa shape index (κ1) is 13.5. The van der Waals surface area contributed by atoms with E-state index in [4.69, 9.17) is 4.74 Å². The van der Waals surface area contributed by atoms with E-state index in [2.05, 4.69) is 12.2 Å². The molecular formula is C13H19NO3. The number of carbonyl (C=O) groups is 1. The minimum Gasteiger partial charge on any atom is -0.505 e. The summed E-state index contributed by atoms with van der Waals surface area (Å²) in [4.78, 5) is 11.5. The van der Waals surface area contributed by atoms with Gasteiger partial charge in [-0.1, -0.05) is 25.5 Å². The number of unbranched alkanes of at least 4 members (excludes halogenated alkanes) is 1. The van der Waals surface area contributed by atoms with Crippen molar-refractivity contribution in [1.82, 2.24) is 0 Å². The van der Waals surface area contributed by atoms with Crippen LogP contribution in [0.4, 0.5) is 5.69 Å². The minimum absolute atomic E-state index is 0.0212.